The first-order valence-electron chi connectivity index (χ1n) is 7.95. The molecule has 2 aliphatic heterocycles. The van der Waals surface area contributed by atoms with Crippen molar-refractivity contribution >= 4 is 5.69 Å². The third kappa shape index (κ3) is 2.99. The molecule has 110 valence electrons. The van der Waals surface area contributed by atoms with Gasteiger partial charge in [-0.2, -0.15) is 0 Å². The standard InChI is InChI=1S/C17H27N3/c1-19(2)15-6-5-11-20(13-15)12-14-9-10-18-17-8-4-3-7-16(14)17/h3-4,7-8,14-15,18H,5-6,9-13H2,1-2H3. The van der Waals surface area contributed by atoms with Crippen LogP contribution in [0.25, 0.3) is 0 Å². The Morgan fingerprint density at radius 1 is 1.25 bits per heavy atom. The Balaban J connectivity index is 1.66. The van der Waals surface area contributed by atoms with Gasteiger partial charge in [-0.3, -0.25) is 0 Å². The molecule has 3 nitrogen and oxygen atoms in total. The minimum atomic E-state index is 0.702. The van der Waals surface area contributed by atoms with Gasteiger partial charge >= 0.3 is 0 Å². The van der Waals surface area contributed by atoms with Crippen molar-refractivity contribution in [3.8, 4) is 0 Å². The van der Waals surface area contributed by atoms with Crippen LogP contribution in [-0.2, 0) is 0 Å². The van der Waals surface area contributed by atoms with Gasteiger partial charge in [-0.25, -0.2) is 0 Å². The Hall–Kier alpha value is -1.06. The Bertz CT molecular complexity index is 444. The van der Waals surface area contributed by atoms with E-state index in [1.54, 1.807) is 0 Å². The summed E-state index contributed by atoms with van der Waals surface area (Å²) in [7, 11) is 4.43. The van der Waals surface area contributed by atoms with Crippen LogP contribution in [0.3, 0.4) is 0 Å². The average molecular weight is 273 g/mol. The summed E-state index contributed by atoms with van der Waals surface area (Å²) in [4.78, 5) is 5.07. The molecule has 0 radical (unpaired) electrons. The fraction of sp³-hybridized carbons (Fsp3) is 0.647. The van der Waals surface area contributed by atoms with E-state index < -0.39 is 0 Å². The number of benzene rings is 1. The largest absolute Gasteiger partial charge is 0.385 e. The number of hydrogen-bond donors (Lipinski definition) is 1. The molecular weight excluding hydrogens is 246 g/mol. The van der Waals surface area contributed by atoms with Crippen molar-refractivity contribution in [2.75, 3.05) is 45.6 Å². The quantitative estimate of drug-likeness (QED) is 0.913. The highest BCUT2D eigenvalue weighted by Crippen LogP contribution is 2.32. The molecule has 0 aliphatic carbocycles. The van der Waals surface area contributed by atoms with Crippen LogP contribution in [-0.4, -0.2) is 56.1 Å². The smallest absolute Gasteiger partial charge is 0.0376 e. The lowest BCUT2D eigenvalue weighted by molar-refractivity contribution is 0.126. The van der Waals surface area contributed by atoms with Gasteiger partial charge in [0.15, 0.2) is 0 Å². The number of nitrogens with one attached hydrogen (secondary N) is 1. The predicted octanol–water partition coefficient (Wildman–Crippen LogP) is 2.61. The molecule has 0 saturated carbocycles. The normalized spacial score (nSPS) is 27.1. The first-order chi connectivity index (χ1) is 9.74. The first-order valence-corrected chi connectivity index (χ1v) is 7.95. The lowest BCUT2D eigenvalue weighted by Crippen LogP contribution is -2.46. The van der Waals surface area contributed by atoms with Gasteiger partial charge in [0.2, 0.25) is 0 Å². The maximum absolute atomic E-state index is 3.53. The van der Waals surface area contributed by atoms with Gasteiger partial charge in [-0.05, 0) is 51.5 Å². The van der Waals surface area contributed by atoms with E-state index in [0.29, 0.717) is 5.92 Å². The number of anilines is 1. The van der Waals surface area contributed by atoms with E-state index >= 15 is 0 Å². The Morgan fingerprint density at radius 3 is 2.95 bits per heavy atom. The van der Waals surface area contributed by atoms with E-state index in [4.69, 9.17) is 0 Å². The Kier molecular flexibility index (Phi) is 4.27. The topological polar surface area (TPSA) is 18.5 Å². The molecule has 2 atom stereocenters. The zero-order chi connectivity index (χ0) is 13.9. The van der Waals surface area contributed by atoms with E-state index in [-0.39, 0.29) is 0 Å². The molecule has 1 aromatic carbocycles. The monoisotopic (exact) mass is 273 g/mol. The molecular formula is C17H27N3. The van der Waals surface area contributed by atoms with Crippen molar-refractivity contribution in [1.29, 1.82) is 0 Å². The summed E-state index contributed by atoms with van der Waals surface area (Å²) in [5, 5.41) is 3.53. The van der Waals surface area contributed by atoms with Crippen LogP contribution >= 0.6 is 0 Å². The summed E-state index contributed by atoms with van der Waals surface area (Å²) in [5.41, 5.74) is 2.87. The molecule has 3 rings (SSSR count). The highest BCUT2D eigenvalue weighted by Gasteiger charge is 2.26. The molecule has 1 N–H and O–H groups in total. The number of hydrogen-bond acceptors (Lipinski definition) is 3. The van der Waals surface area contributed by atoms with Crippen molar-refractivity contribution in [3.05, 3.63) is 29.8 Å². The summed E-state index contributed by atoms with van der Waals surface area (Å²) in [6.45, 7) is 4.85. The van der Waals surface area contributed by atoms with Crippen molar-refractivity contribution < 1.29 is 0 Å². The highest BCUT2D eigenvalue weighted by atomic mass is 15.2. The molecule has 1 saturated heterocycles. The second-order valence-electron chi connectivity index (χ2n) is 6.52. The lowest BCUT2D eigenvalue weighted by atomic mass is 9.90. The molecule has 0 amide bonds. The molecule has 2 unspecified atom stereocenters. The minimum Gasteiger partial charge on any atom is -0.385 e. The predicted molar refractivity (Wildman–Crippen MR) is 85.4 cm³/mol. The Morgan fingerprint density at radius 2 is 2.10 bits per heavy atom. The minimum absolute atomic E-state index is 0.702. The molecule has 2 heterocycles. The molecule has 20 heavy (non-hydrogen) atoms. The molecule has 3 heteroatoms. The van der Waals surface area contributed by atoms with Crippen molar-refractivity contribution in [2.24, 2.45) is 0 Å². The van der Waals surface area contributed by atoms with Crippen LogP contribution < -0.4 is 5.32 Å². The zero-order valence-electron chi connectivity index (χ0n) is 12.8. The third-order valence-corrected chi connectivity index (χ3v) is 4.90. The van der Waals surface area contributed by atoms with E-state index in [1.807, 2.05) is 0 Å². The van der Waals surface area contributed by atoms with Crippen molar-refractivity contribution in [1.82, 2.24) is 9.80 Å². The van der Waals surface area contributed by atoms with Crippen LogP contribution in [0, 0.1) is 0 Å². The summed E-state index contributed by atoms with van der Waals surface area (Å²) >= 11 is 0. The zero-order valence-corrected chi connectivity index (χ0v) is 12.8. The molecule has 2 aliphatic rings. The summed E-state index contributed by atoms with van der Waals surface area (Å²) in [6, 6.07) is 9.58. The van der Waals surface area contributed by atoms with Gasteiger partial charge in [0.05, 0.1) is 0 Å². The summed E-state index contributed by atoms with van der Waals surface area (Å²) in [6.07, 6.45) is 3.96. The number of rotatable bonds is 3. The second-order valence-corrected chi connectivity index (χ2v) is 6.52. The first kappa shape index (κ1) is 13.9. The van der Waals surface area contributed by atoms with Gasteiger partial charge in [0, 0.05) is 37.3 Å². The van der Waals surface area contributed by atoms with E-state index in [1.165, 1.54) is 50.1 Å². The maximum atomic E-state index is 3.53. The fourth-order valence-corrected chi connectivity index (χ4v) is 3.67. The van der Waals surface area contributed by atoms with Crippen LogP contribution in [0.15, 0.2) is 24.3 Å². The number of para-hydroxylation sites is 1. The average Bonchev–Trinajstić information content (AvgIpc) is 2.48. The molecule has 1 fully saturated rings. The van der Waals surface area contributed by atoms with Crippen LogP contribution in [0.5, 0.6) is 0 Å². The van der Waals surface area contributed by atoms with Crippen LogP contribution in [0.4, 0.5) is 5.69 Å². The van der Waals surface area contributed by atoms with Gasteiger partial charge in [0.1, 0.15) is 0 Å². The van der Waals surface area contributed by atoms with Gasteiger partial charge in [-0.1, -0.05) is 18.2 Å². The summed E-state index contributed by atoms with van der Waals surface area (Å²) < 4.78 is 0. The fourth-order valence-electron chi connectivity index (χ4n) is 3.67. The number of fused-ring (bicyclic) bond motifs is 1. The van der Waals surface area contributed by atoms with E-state index in [0.717, 1.165) is 12.6 Å². The van der Waals surface area contributed by atoms with Gasteiger partial charge in [-0.15, -0.1) is 0 Å². The van der Waals surface area contributed by atoms with Gasteiger partial charge in [0.25, 0.3) is 0 Å². The molecule has 1 aromatic rings. The van der Waals surface area contributed by atoms with Crippen molar-refractivity contribution in [2.45, 2.75) is 31.2 Å². The van der Waals surface area contributed by atoms with Gasteiger partial charge < -0.3 is 15.1 Å². The molecule has 0 aromatic heterocycles. The highest BCUT2D eigenvalue weighted by molar-refractivity contribution is 5.54. The number of piperidine rings is 1. The number of nitrogens with zero attached hydrogens (tertiary/aromatic N) is 2. The third-order valence-electron chi connectivity index (χ3n) is 4.90. The SMILES string of the molecule is CN(C)C1CCCN(CC2CCNc3ccccc32)C1. The maximum Gasteiger partial charge on any atom is 0.0376 e. The van der Waals surface area contributed by atoms with E-state index in [9.17, 15) is 0 Å². The lowest BCUT2D eigenvalue weighted by Gasteiger charge is -2.39. The molecule has 0 bridgehead atoms. The van der Waals surface area contributed by atoms with Crippen LogP contribution in [0.2, 0.25) is 0 Å². The van der Waals surface area contributed by atoms with Crippen molar-refractivity contribution in [3.63, 3.8) is 0 Å². The number of likely N-dealkylation sites (N-methyl/N-ethyl adjacent to an activating group) is 1. The Labute approximate surface area is 123 Å². The number of likely N-dealkylation sites (tertiary alicyclic amines) is 1. The molecule has 0 spiro atoms. The van der Waals surface area contributed by atoms with Crippen LogP contribution in [0.1, 0.15) is 30.7 Å². The summed E-state index contributed by atoms with van der Waals surface area (Å²) in [5.74, 6) is 0.702. The second kappa shape index (κ2) is 6.15. The van der Waals surface area contributed by atoms with E-state index in [2.05, 4.69) is 53.5 Å².